The van der Waals surface area contributed by atoms with Gasteiger partial charge in [-0.25, -0.2) is 14.4 Å². The molecule has 0 bridgehead atoms. The Kier molecular flexibility index (Phi) is 5.10. The molecule has 0 fully saturated rings. The molecule has 8 nitrogen and oxygen atoms in total. The van der Waals surface area contributed by atoms with Crippen LogP contribution in [0.4, 0.5) is 21.6 Å². The Labute approximate surface area is 151 Å². The summed E-state index contributed by atoms with van der Waals surface area (Å²) in [6.45, 7) is 0.333. The SMILES string of the molecule is NCCOc1cc2ncnc(Nc3ccc(Cl)cc3F)c2cc1[N+](=O)[O-]. The Bertz CT molecular complexity index is 986. The largest absolute Gasteiger partial charge is 0.485 e. The quantitative estimate of drug-likeness (QED) is 0.499. The van der Waals surface area contributed by atoms with E-state index in [1.807, 2.05) is 0 Å². The molecular formula is C16H13ClFN5O3. The molecule has 0 aliphatic rings. The lowest BCUT2D eigenvalue weighted by Crippen LogP contribution is -2.11. The minimum absolute atomic E-state index is 0.0512. The molecular weight excluding hydrogens is 365 g/mol. The summed E-state index contributed by atoms with van der Waals surface area (Å²) in [5.41, 5.74) is 5.63. The molecule has 0 unspecified atom stereocenters. The van der Waals surface area contributed by atoms with Gasteiger partial charge < -0.3 is 15.8 Å². The third-order valence-corrected chi connectivity index (χ3v) is 3.71. The van der Waals surface area contributed by atoms with E-state index in [2.05, 4.69) is 15.3 Å². The molecule has 3 rings (SSSR count). The van der Waals surface area contributed by atoms with Crippen LogP contribution in [0, 0.1) is 15.9 Å². The van der Waals surface area contributed by atoms with E-state index < -0.39 is 10.7 Å². The second-order valence-electron chi connectivity index (χ2n) is 5.20. The fourth-order valence-electron chi connectivity index (χ4n) is 2.32. The van der Waals surface area contributed by atoms with Crippen LogP contribution in [0.15, 0.2) is 36.7 Å². The molecule has 26 heavy (non-hydrogen) atoms. The van der Waals surface area contributed by atoms with Gasteiger partial charge in [0.2, 0.25) is 0 Å². The van der Waals surface area contributed by atoms with E-state index in [1.165, 1.54) is 30.6 Å². The Hall–Kier alpha value is -3.04. The van der Waals surface area contributed by atoms with Gasteiger partial charge in [0.1, 0.15) is 24.6 Å². The van der Waals surface area contributed by atoms with Crippen LogP contribution in [0.3, 0.4) is 0 Å². The van der Waals surface area contributed by atoms with Crippen molar-refractivity contribution in [1.29, 1.82) is 0 Å². The molecule has 134 valence electrons. The van der Waals surface area contributed by atoms with Gasteiger partial charge in [0.15, 0.2) is 5.75 Å². The first-order chi connectivity index (χ1) is 12.5. The van der Waals surface area contributed by atoms with Gasteiger partial charge in [0.25, 0.3) is 0 Å². The van der Waals surface area contributed by atoms with Crippen molar-refractivity contribution < 1.29 is 14.1 Å². The van der Waals surface area contributed by atoms with Gasteiger partial charge in [0, 0.05) is 23.7 Å². The van der Waals surface area contributed by atoms with Crippen LogP contribution in [0.5, 0.6) is 5.75 Å². The summed E-state index contributed by atoms with van der Waals surface area (Å²) in [6, 6.07) is 6.80. The predicted molar refractivity (Wildman–Crippen MR) is 95.4 cm³/mol. The van der Waals surface area contributed by atoms with Crippen LogP contribution in [-0.2, 0) is 0 Å². The minimum Gasteiger partial charge on any atom is -0.485 e. The lowest BCUT2D eigenvalue weighted by molar-refractivity contribution is -0.385. The van der Waals surface area contributed by atoms with E-state index in [9.17, 15) is 14.5 Å². The fourth-order valence-corrected chi connectivity index (χ4v) is 2.48. The number of ether oxygens (including phenoxy) is 1. The molecule has 3 aromatic rings. The highest BCUT2D eigenvalue weighted by Crippen LogP contribution is 2.35. The van der Waals surface area contributed by atoms with E-state index in [-0.39, 0.29) is 41.1 Å². The number of anilines is 2. The molecule has 0 aliphatic heterocycles. The highest BCUT2D eigenvalue weighted by Gasteiger charge is 2.19. The Morgan fingerprint density at radius 2 is 2.12 bits per heavy atom. The van der Waals surface area contributed by atoms with Gasteiger partial charge in [0.05, 0.1) is 21.5 Å². The summed E-state index contributed by atoms with van der Waals surface area (Å²) in [5.74, 6) is -0.318. The third kappa shape index (κ3) is 3.63. The zero-order valence-electron chi connectivity index (χ0n) is 13.3. The van der Waals surface area contributed by atoms with Crippen LogP contribution in [0.25, 0.3) is 10.9 Å². The number of halogens is 2. The maximum atomic E-state index is 14.0. The number of hydrogen-bond acceptors (Lipinski definition) is 7. The summed E-state index contributed by atoms with van der Waals surface area (Å²) in [4.78, 5) is 18.9. The lowest BCUT2D eigenvalue weighted by atomic mass is 10.2. The summed E-state index contributed by atoms with van der Waals surface area (Å²) in [6.07, 6.45) is 1.26. The van der Waals surface area contributed by atoms with E-state index in [0.717, 1.165) is 6.07 Å². The summed E-state index contributed by atoms with van der Waals surface area (Å²) >= 11 is 5.74. The van der Waals surface area contributed by atoms with E-state index in [4.69, 9.17) is 22.1 Å². The highest BCUT2D eigenvalue weighted by atomic mass is 35.5. The summed E-state index contributed by atoms with van der Waals surface area (Å²) in [7, 11) is 0. The van der Waals surface area contributed by atoms with Crippen molar-refractivity contribution in [2.24, 2.45) is 5.73 Å². The van der Waals surface area contributed by atoms with E-state index >= 15 is 0 Å². The van der Waals surface area contributed by atoms with Crippen molar-refractivity contribution >= 4 is 39.7 Å². The van der Waals surface area contributed by atoms with Crippen LogP contribution >= 0.6 is 11.6 Å². The Morgan fingerprint density at radius 3 is 2.81 bits per heavy atom. The van der Waals surface area contributed by atoms with Crippen LogP contribution in [-0.4, -0.2) is 28.0 Å². The van der Waals surface area contributed by atoms with Crippen molar-refractivity contribution in [3.05, 3.63) is 57.6 Å². The molecule has 0 radical (unpaired) electrons. The van der Waals surface area contributed by atoms with Gasteiger partial charge in [-0.1, -0.05) is 11.6 Å². The van der Waals surface area contributed by atoms with Gasteiger partial charge in [-0.15, -0.1) is 0 Å². The number of rotatable bonds is 6. The van der Waals surface area contributed by atoms with Gasteiger partial charge in [-0.3, -0.25) is 10.1 Å². The van der Waals surface area contributed by atoms with Crippen molar-refractivity contribution in [3.8, 4) is 5.75 Å². The number of nitrogens with zero attached hydrogens (tertiary/aromatic N) is 3. The van der Waals surface area contributed by atoms with Gasteiger partial charge in [-0.05, 0) is 18.2 Å². The third-order valence-electron chi connectivity index (χ3n) is 3.47. The summed E-state index contributed by atoms with van der Waals surface area (Å²) in [5, 5.41) is 14.7. The topological polar surface area (TPSA) is 116 Å². The summed E-state index contributed by atoms with van der Waals surface area (Å²) < 4.78 is 19.3. The molecule has 0 saturated carbocycles. The number of nitrogens with two attached hydrogens (primary N) is 1. The lowest BCUT2D eigenvalue weighted by Gasteiger charge is -2.11. The standard InChI is InChI=1S/C16H13ClFN5O3/c17-9-1-2-12(11(18)5-9)22-16-10-6-14(23(24)25)15(26-4-3-19)7-13(10)20-8-21-16/h1-2,5-8H,3-4,19H2,(H,20,21,22). The second-order valence-corrected chi connectivity index (χ2v) is 5.64. The van der Waals surface area contributed by atoms with Gasteiger partial charge in [-0.2, -0.15) is 0 Å². The first-order valence-electron chi connectivity index (χ1n) is 7.47. The molecule has 0 spiro atoms. The average Bonchev–Trinajstić information content (AvgIpc) is 2.61. The number of hydrogen-bond donors (Lipinski definition) is 2. The molecule has 0 amide bonds. The second kappa shape index (κ2) is 7.46. The number of nitro benzene ring substituents is 1. The van der Waals surface area contributed by atoms with Crippen molar-refractivity contribution in [3.63, 3.8) is 0 Å². The van der Waals surface area contributed by atoms with Crippen molar-refractivity contribution in [2.75, 3.05) is 18.5 Å². The molecule has 0 atom stereocenters. The first kappa shape index (κ1) is 17.8. The molecule has 0 aliphatic carbocycles. The van der Waals surface area contributed by atoms with Crippen molar-refractivity contribution in [2.45, 2.75) is 0 Å². The van der Waals surface area contributed by atoms with E-state index in [0.29, 0.717) is 10.9 Å². The zero-order chi connectivity index (χ0) is 18.7. The number of fused-ring (bicyclic) bond motifs is 1. The molecule has 0 saturated heterocycles. The number of nitrogens with one attached hydrogen (secondary N) is 1. The number of benzene rings is 2. The number of nitro groups is 1. The average molecular weight is 378 g/mol. The number of aromatic nitrogens is 2. The van der Waals surface area contributed by atoms with Crippen LogP contribution < -0.4 is 15.8 Å². The molecule has 1 heterocycles. The molecule has 1 aromatic heterocycles. The normalized spacial score (nSPS) is 10.7. The van der Waals surface area contributed by atoms with Crippen LogP contribution in [0.2, 0.25) is 5.02 Å². The smallest absolute Gasteiger partial charge is 0.311 e. The molecule has 2 aromatic carbocycles. The Morgan fingerprint density at radius 1 is 1.31 bits per heavy atom. The minimum atomic E-state index is -0.582. The Balaban J connectivity index is 2.08. The highest BCUT2D eigenvalue weighted by molar-refractivity contribution is 6.30. The van der Waals surface area contributed by atoms with Gasteiger partial charge >= 0.3 is 5.69 Å². The van der Waals surface area contributed by atoms with Crippen LogP contribution in [0.1, 0.15) is 0 Å². The maximum absolute atomic E-state index is 14.0. The first-order valence-corrected chi connectivity index (χ1v) is 7.85. The van der Waals surface area contributed by atoms with Crippen molar-refractivity contribution in [1.82, 2.24) is 9.97 Å². The monoisotopic (exact) mass is 377 g/mol. The molecule has 3 N–H and O–H groups in total. The van der Waals surface area contributed by atoms with E-state index in [1.54, 1.807) is 0 Å². The molecule has 10 heteroatoms. The predicted octanol–water partition coefficient (Wildman–Crippen LogP) is 3.41. The maximum Gasteiger partial charge on any atom is 0.311 e. The zero-order valence-corrected chi connectivity index (χ0v) is 14.0. The fraction of sp³-hybridized carbons (Fsp3) is 0.125.